The van der Waals surface area contributed by atoms with Gasteiger partial charge in [0.1, 0.15) is 0 Å². The van der Waals surface area contributed by atoms with Crippen molar-refractivity contribution in [1.29, 1.82) is 0 Å². The predicted octanol–water partition coefficient (Wildman–Crippen LogP) is 4.08. The Balaban J connectivity index is 2.17. The van der Waals surface area contributed by atoms with Gasteiger partial charge in [-0.25, -0.2) is 0 Å². The lowest BCUT2D eigenvalue weighted by atomic mass is 9.79. The average Bonchev–Trinajstić information content (AvgIpc) is 2.05. The zero-order chi connectivity index (χ0) is 8.97. The van der Waals surface area contributed by atoms with E-state index in [1.54, 1.807) is 0 Å². The van der Waals surface area contributed by atoms with Gasteiger partial charge in [-0.15, -0.1) is 11.6 Å². The van der Waals surface area contributed by atoms with Crippen molar-refractivity contribution >= 4 is 11.6 Å². The van der Waals surface area contributed by atoms with E-state index in [1.807, 2.05) is 0 Å². The third-order valence-corrected chi connectivity index (χ3v) is 3.43. The van der Waals surface area contributed by atoms with Crippen LogP contribution >= 0.6 is 11.6 Å². The van der Waals surface area contributed by atoms with E-state index < -0.39 is 0 Å². The van der Waals surface area contributed by atoms with Gasteiger partial charge in [0.25, 0.3) is 0 Å². The van der Waals surface area contributed by atoms with Crippen LogP contribution in [0.4, 0.5) is 0 Å². The van der Waals surface area contributed by atoms with E-state index in [4.69, 9.17) is 11.6 Å². The van der Waals surface area contributed by atoms with Crippen LogP contribution in [0.2, 0.25) is 0 Å². The number of alkyl halides is 1. The summed E-state index contributed by atoms with van der Waals surface area (Å²) >= 11 is 5.83. The summed E-state index contributed by atoms with van der Waals surface area (Å²) in [5, 5.41) is 0. The number of halogens is 1. The number of hydrogen-bond donors (Lipinski definition) is 0. The second-order valence-corrected chi connectivity index (χ2v) is 4.98. The van der Waals surface area contributed by atoms with Gasteiger partial charge < -0.3 is 0 Å². The van der Waals surface area contributed by atoms with Gasteiger partial charge in [0.2, 0.25) is 0 Å². The van der Waals surface area contributed by atoms with Crippen molar-refractivity contribution in [3.63, 3.8) is 0 Å². The smallest absolute Gasteiger partial charge is 0.0251 e. The second kappa shape index (κ2) is 5.11. The maximum atomic E-state index is 5.83. The second-order valence-electron chi connectivity index (χ2n) is 4.67. The molecule has 1 aliphatic carbocycles. The summed E-state index contributed by atoms with van der Waals surface area (Å²) in [4.78, 5) is 0. The molecule has 0 bridgehead atoms. The molecule has 0 N–H and O–H groups in total. The van der Waals surface area contributed by atoms with Gasteiger partial charge in [0.15, 0.2) is 0 Å². The molecule has 0 unspecified atom stereocenters. The van der Waals surface area contributed by atoms with E-state index in [0.717, 1.165) is 23.6 Å². The van der Waals surface area contributed by atoms with Crippen molar-refractivity contribution in [2.45, 2.75) is 46.0 Å². The molecule has 0 saturated heterocycles. The Morgan fingerprint density at radius 2 is 1.58 bits per heavy atom. The molecule has 12 heavy (non-hydrogen) atoms. The van der Waals surface area contributed by atoms with Crippen molar-refractivity contribution in [2.75, 3.05) is 5.88 Å². The molecule has 0 atom stereocenters. The van der Waals surface area contributed by atoms with Gasteiger partial charge in [0.05, 0.1) is 0 Å². The molecule has 1 rings (SSSR count). The van der Waals surface area contributed by atoms with E-state index in [9.17, 15) is 0 Å². The molecule has 72 valence electrons. The monoisotopic (exact) mass is 188 g/mol. The predicted molar refractivity (Wildman–Crippen MR) is 55.6 cm³/mol. The normalized spacial score (nSPS) is 31.0. The highest BCUT2D eigenvalue weighted by Crippen LogP contribution is 2.32. The van der Waals surface area contributed by atoms with Crippen LogP contribution in [-0.2, 0) is 0 Å². The Kier molecular flexibility index (Phi) is 4.42. The van der Waals surface area contributed by atoms with E-state index in [2.05, 4.69) is 13.8 Å². The molecule has 0 aromatic heterocycles. The molecular weight excluding hydrogens is 168 g/mol. The summed E-state index contributed by atoms with van der Waals surface area (Å²) in [5.74, 6) is 3.59. The molecule has 0 heterocycles. The summed E-state index contributed by atoms with van der Waals surface area (Å²) in [5.41, 5.74) is 0. The first-order chi connectivity index (χ1) is 5.72. The molecule has 0 aliphatic heterocycles. The minimum absolute atomic E-state index is 0.829. The standard InChI is InChI=1S/C11H21Cl/c1-9(2)7-10-3-5-11(8-12)6-4-10/h9-11H,3-8H2,1-2H3. The minimum atomic E-state index is 0.829. The van der Waals surface area contributed by atoms with Gasteiger partial charge >= 0.3 is 0 Å². The highest BCUT2D eigenvalue weighted by molar-refractivity contribution is 6.18. The van der Waals surface area contributed by atoms with Gasteiger partial charge in [-0.2, -0.15) is 0 Å². The summed E-state index contributed by atoms with van der Waals surface area (Å²) in [7, 11) is 0. The van der Waals surface area contributed by atoms with Gasteiger partial charge in [-0.1, -0.05) is 26.7 Å². The van der Waals surface area contributed by atoms with Crippen LogP contribution in [0.15, 0.2) is 0 Å². The van der Waals surface area contributed by atoms with E-state index in [-0.39, 0.29) is 0 Å². The molecule has 0 radical (unpaired) electrons. The van der Waals surface area contributed by atoms with Crippen LogP contribution in [0.3, 0.4) is 0 Å². The zero-order valence-corrected chi connectivity index (χ0v) is 9.11. The molecule has 1 heteroatoms. The largest absolute Gasteiger partial charge is 0.126 e. The topological polar surface area (TPSA) is 0 Å². The van der Waals surface area contributed by atoms with Crippen LogP contribution in [-0.4, -0.2) is 5.88 Å². The molecule has 0 nitrogen and oxygen atoms in total. The molecule has 0 spiro atoms. The molecule has 0 amide bonds. The quantitative estimate of drug-likeness (QED) is 0.586. The van der Waals surface area contributed by atoms with Crippen LogP contribution in [0.1, 0.15) is 46.0 Å². The third kappa shape index (κ3) is 3.35. The van der Waals surface area contributed by atoms with Gasteiger partial charge in [0, 0.05) is 5.88 Å². The summed E-state index contributed by atoms with van der Waals surface area (Å²) < 4.78 is 0. The molecule has 1 saturated carbocycles. The Hall–Kier alpha value is 0.290. The van der Waals surface area contributed by atoms with E-state index in [0.29, 0.717) is 0 Å². The summed E-state index contributed by atoms with van der Waals surface area (Å²) in [6.07, 6.45) is 7.03. The number of hydrogen-bond acceptors (Lipinski definition) is 0. The lowest BCUT2D eigenvalue weighted by Gasteiger charge is -2.28. The van der Waals surface area contributed by atoms with Crippen LogP contribution in [0.5, 0.6) is 0 Å². The Morgan fingerprint density at radius 1 is 1.08 bits per heavy atom. The fourth-order valence-electron chi connectivity index (χ4n) is 2.29. The average molecular weight is 189 g/mol. The fourth-order valence-corrected chi connectivity index (χ4v) is 2.60. The summed E-state index contributed by atoms with van der Waals surface area (Å²) in [6, 6.07) is 0. The minimum Gasteiger partial charge on any atom is -0.126 e. The molecular formula is C11H21Cl. The SMILES string of the molecule is CC(C)CC1CCC(CCl)CC1. The highest BCUT2D eigenvalue weighted by Gasteiger charge is 2.20. The summed E-state index contributed by atoms with van der Waals surface area (Å²) in [6.45, 7) is 4.65. The maximum absolute atomic E-state index is 5.83. The lowest BCUT2D eigenvalue weighted by Crippen LogP contribution is -2.16. The van der Waals surface area contributed by atoms with E-state index in [1.165, 1.54) is 32.1 Å². The van der Waals surface area contributed by atoms with Gasteiger partial charge in [-0.05, 0) is 37.0 Å². The number of rotatable bonds is 3. The Morgan fingerprint density at radius 3 is 2.00 bits per heavy atom. The third-order valence-electron chi connectivity index (χ3n) is 2.99. The van der Waals surface area contributed by atoms with Crippen molar-refractivity contribution in [1.82, 2.24) is 0 Å². The van der Waals surface area contributed by atoms with Gasteiger partial charge in [-0.3, -0.25) is 0 Å². The first kappa shape index (κ1) is 10.4. The molecule has 1 fully saturated rings. The van der Waals surface area contributed by atoms with Crippen molar-refractivity contribution in [2.24, 2.45) is 17.8 Å². The zero-order valence-electron chi connectivity index (χ0n) is 8.35. The first-order valence-electron chi connectivity index (χ1n) is 5.28. The van der Waals surface area contributed by atoms with E-state index >= 15 is 0 Å². The van der Waals surface area contributed by atoms with Crippen LogP contribution in [0, 0.1) is 17.8 Å². The molecule has 0 aromatic carbocycles. The van der Waals surface area contributed by atoms with Crippen molar-refractivity contribution in [3.8, 4) is 0 Å². The van der Waals surface area contributed by atoms with Crippen LogP contribution < -0.4 is 0 Å². The Bertz CT molecular complexity index is 112. The molecule has 1 aliphatic rings. The maximum Gasteiger partial charge on any atom is 0.0251 e. The fraction of sp³-hybridized carbons (Fsp3) is 1.00. The molecule has 0 aromatic rings. The Labute approximate surface area is 81.7 Å². The lowest BCUT2D eigenvalue weighted by molar-refractivity contribution is 0.258. The van der Waals surface area contributed by atoms with Crippen molar-refractivity contribution in [3.05, 3.63) is 0 Å². The van der Waals surface area contributed by atoms with Crippen molar-refractivity contribution < 1.29 is 0 Å². The van der Waals surface area contributed by atoms with Crippen LogP contribution in [0.25, 0.3) is 0 Å². The highest BCUT2D eigenvalue weighted by atomic mass is 35.5. The first-order valence-corrected chi connectivity index (χ1v) is 5.81.